The molecule has 0 saturated heterocycles. The first-order chi connectivity index (χ1) is 9.16. The molecule has 0 aliphatic rings. The zero-order valence-electron chi connectivity index (χ0n) is 11.8. The molecule has 1 aromatic carbocycles. The predicted octanol–water partition coefficient (Wildman–Crippen LogP) is 3.62. The van der Waals surface area contributed by atoms with Crippen LogP contribution < -0.4 is 5.32 Å². The van der Waals surface area contributed by atoms with Crippen molar-refractivity contribution in [3.05, 3.63) is 29.3 Å². The Morgan fingerprint density at radius 1 is 1.26 bits per heavy atom. The maximum absolute atomic E-state index is 5.56. The Morgan fingerprint density at radius 2 is 2.05 bits per heavy atom. The van der Waals surface area contributed by atoms with Gasteiger partial charge in [-0.05, 0) is 25.0 Å². The number of benzene rings is 1. The Morgan fingerprint density at radius 3 is 2.79 bits per heavy atom. The first-order valence-corrected chi connectivity index (χ1v) is 7.65. The van der Waals surface area contributed by atoms with Crippen molar-refractivity contribution in [1.29, 1.82) is 0 Å². The molecule has 0 aliphatic heterocycles. The molecule has 2 aromatic rings. The molecule has 1 heterocycles. The third-order valence-corrected chi connectivity index (χ3v) is 4.05. The van der Waals surface area contributed by atoms with E-state index in [1.165, 1.54) is 4.70 Å². The van der Waals surface area contributed by atoms with E-state index in [1.54, 1.807) is 11.3 Å². The van der Waals surface area contributed by atoms with E-state index in [0.717, 1.165) is 30.3 Å². The fourth-order valence-electron chi connectivity index (χ4n) is 1.83. The van der Waals surface area contributed by atoms with Crippen LogP contribution in [0.2, 0.25) is 0 Å². The van der Waals surface area contributed by atoms with Gasteiger partial charge in [0.15, 0.2) is 0 Å². The Kier molecular flexibility index (Phi) is 5.31. The number of ether oxygens (including phenoxy) is 1. The largest absolute Gasteiger partial charge is 0.380 e. The minimum Gasteiger partial charge on any atom is -0.380 e. The van der Waals surface area contributed by atoms with Gasteiger partial charge in [-0.3, -0.25) is 0 Å². The van der Waals surface area contributed by atoms with Crippen LogP contribution in [-0.2, 0) is 4.74 Å². The van der Waals surface area contributed by atoms with Gasteiger partial charge in [-0.2, -0.15) is 0 Å². The molecule has 1 N–H and O–H groups in total. The second-order valence-electron chi connectivity index (χ2n) is 5.16. The summed E-state index contributed by atoms with van der Waals surface area (Å²) in [6.07, 6.45) is 0. The van der Waals surface area contributed by atoms with Crippen LogP contribution in [0.3, 0.4) is 0 Å². The molecular weight excluding hydrogens is 256 g/mol. The van der Waals surface area contributed by atoms with Crippen molar-refractivity contribution in [3.63, 3.8) is 0 Å². The maximum Gasteiger partial charge on any atom is 0.111 e. The molecule has 0 radical (unpaired) electrons. The van der Waals surface area contributed by atoms with Gasteiger partial charge in [-0.1, -0.05) is 26.0 Å². The number of nitrogens with zero attached hydrogens (tertiary/aromatic N) is 1. The summed E-state index contributed by atoms with van der Waals surface area (Å²) in [6.45, 7) is 8.93. The number of nitrogens with one attached hydrogen (secondary N) is 1. The van der Waals surface area contributed by atoms with Crippen molar-refractivity contribution in [2.45, 2.75) is 26.8 Å². The first-order valence-electron chi connectivity index (χ1n) is 6.83. The van der Waals surface area contributed by atoms with Gasteiger partial charge in [0.1, 0.15) is 5.01 Å². The molecule has 3 nitrogen and oxygen atoms in total. The molecule has 0 spiro atoms. The number of para-hydroxylation sites is 1. The van der Waals surface area contributed by atoms with Crippen LogP contribution >= 0.6 is 11.3 Å². The predicted molar refractivity (Wildman–Crippen MR) is 81.7 cm³/mol. The third kappa shape index (κ3) is 4.27. The lowest BCUT2D eigenvalue weighted by atomic mass is 10.2. The highest BCUT2D eigenvalue weighted by molar-refractivity contribution is 7.18. The Labute approximate surface area is 119 Å². The van der Waals surface area contributed by atoms with E-state index in [1.807, 2.05) is 6.07 Å². The Bertz CT molecular complexity index is 477. The van der Waals surface area contributed by atoms with Crippen molar-refractivity contribution in [1.82, 2.24) is 10.3 Å². The quantitative estimate of drug-likeness (QED) is 0.785. The molecule has 1 aromatic heterocycles. The summed E-state index contributed by atoms with van der Waals surface area (Å²) in [4.78, 5) is 4.65. The van der Waals surface area contributed by atoms with E-state index in [4.69, 9.17) is 4.74 Å². The van der Waals surface area contributed by atoms with Crippen molar-refractivity contribution in [2.24, 2.45) is 5.92 Å². The van der Waals surface area contributed by atoms with E-state index in [-0.39, 0.29) is 6.04 Å². The molecule has 0 saturated carbocycles. The Balaban J connectivity index is 1.81. The first kappa shape index (κ1) is 14.4. The highest BCUT2D eigenvalue weighted by atomic mass is 32.1. The molecule has 0 aliphatic carbocycles. The number of rotatable bonds is 7. The second-order valence-corrected chi connectivity index (χ2v) is 6.23. The summed E-state index contributed by atoms with van der Waals surface area (Å²) in [5.41, 5.74) is 1.09. The molecule has 1 atom stereocenters. The minimum absolute atomic E-state index is 0.278. The second kappa shape index (κ2) is 6.98. The number of thiazole rings is 1. The number of hydrogen-bond donors (Lipinski definition) is 1. The van der Waals surface area contributed by atoms with Gasteiger partial charge in [0.2, 0.25) is 0 Å². The fraction of sp³-hybridized carbons (Fsp3) is 0.533. The summed E-state index contributed by atoms with van der Waals surface area (Å²) in [6, 6.07) is 8.55. The average molecular weight is 278 g/mol. The van der Waals surface area contributed by atoms with Crippen LogP contribution in [0.4, 0.5) is 0 Å². The molecule has 0 bridgehead atoms. The minimum atomic E-state index is 0.278. The normalized spacial score (nSPS) is 13.3. The van der Waals surface area contributed by atoms with E-state index < -0.39 is 0 Å². The van der Waals surface area contributed by atoms with E-state index in [0.29, 0.717) is 5.92 Å². The summed E-state index contributed by atoms with van der Waals surface area (Å²) in [5.74, 6) is 0.599. The lowest BCUT2D eigenvalue weighted by Gasteiger charge is -2.12. The summed E-state index contributed by atoms with van der Waals surface area (Å²) >= 11 is 1.76. The van der Waals surface area contributed by atoms with Crippen molar-refractivity contribution >= 4 is 21.6 Å². The number of aromatic nitrogens is 1. The highest BCUT2D eigenvalue weighted by Gasteiger charge is 2.10. The Hall–Kier alpha value is -0.970. The highest BCUT2D eigenvalue weighted by Crippen LogP contribution is 2.25. The molecule has 0 fully saturated rings. The van der Waals surface area contributed by atoms with Gasteiger partial charge in [0.25, 0.3) is 0 Å². The standard InChI is InChI=1S/C15H22N2OS/c1-11(2)10-18-9-8-16-12(3)15-17-13-6-4-5-7-14(13)19-15/h4-7,11-12,16H,8-10H2,1-3H3. The van der Waals surface area contributed by atoms with Crippen molar-refractivity contribution in [3.8, 4) is 0 Å². The molecule has 104 valence electrons. The molecule has 2 rings (SSSR count). The number of fused-ring (bicyclic) bond motifs is 1. The van der Waals surface area contributed by atoms with Gasteiger partial charge in [0, 0.05) is 13.2 Å². The molecular formula is C15H22N2OS. The summed E-state index contributed by atoms with van der Waals surface area (Å²) in [7, 11) is 0. The van der Waals surface area contributed by atoms with Crippen LogP contribution in [-0.4, -0.2) is 24.7 Å². The fourth-order valence-corrected chi connectivity index (χ4v) is 2.82. The monoisotopic (exact) mass is 278 g/mol. The van der Waals surface area contributed by atoms with Crippen LogP contribution in [0.1, 0.15) is 31.8 Å². The molecule has 0 amide bonds. The van der Waals surface area contributed by atoms with Crippen molar-refractivity contribution in [2.75, 3.05) is 19.8 Å². The van der Waals surface area contributed by atoms with Gasteiger partial charge in [-0.15, -0.1) is 11.3 Å². The van der Waals surface area contributed by atoms with Crippen LogP contribution in [0.25, 0.3) is 10.2 Å². The third-order valence-electron chi connectivity index (χ3n) is 2.83. The van der Waals surface area contributed by atoms with Crippen LogP contribution in [0.15, 0.2) is 24.3 Å². The van der Waals surface area contributed by atoms with Crippen molar-refractivity contribution < 1.29 is 4.74 Å². The lowest BCUT2D eigenvalue weighted by molar-refractivity contribution is 0.110. The maximum atomic E-state index is 5.56. The molecule has 19 heavy (non-hydrogen) atoms. The van der Waals surface area contributed by atoms with Crippen LogP contribution in [0, 0.1) is 5.92 Å². The van der Waals surface area contributed by atoms with Crippen LogP contribution in [0.5, 0.6) is 0 Å². The number of hydrogen-bond acceptors (Lipinski definition) is 4. The molecule has 4 heteroatoms. The van der Waals surface area contributed by atoms with E-state index in [9.17, 15) is 0 Å². The van der Waals surface area contributed by atoms with Gasteiger partial charge < -0.3 is 10.1 Å². The average Bonchev–Trinajstić information content (AvgIpc) is 2.81. The van der Waals surface area contributed by atoms with E-state index >= 15 is 0 Å². The topological polar surface area (TPSA) is 34.1 Å². The SMILES string of the molecule is CC(C)COCCNC(C)c1nc2ccccc2s1. The summed E-state index contributed by atoms with van der Waals surface area (Å²) in [5, 5.41) is 4.60. The van der Waals surface area contributed by atoms with Gasteiger partial charge >= 0.3 is 0 Å². The smallest absolute Gasteiger partial charge is 0.111 e. The summed E-state index contributed by atoms with van der Waals surface area (Å²) < 4.78 is 6.81. The lowest BCUT2D eigenvalue weighted by Crippen LogP contribution is -2.23. The molecule has 1 unspecified atom stereocenters. The van der Waals surface area contributed by atoms with Gasteiger partial charge in [0.05, 0.1) is 22.9 Å². The van der Waals surface area contributed by atoms with Gasteiger partial charge in [-0.25, -0.2) is 4.98 Å². The zero-order chi connectivity index (χ0) is 13.7. The van der Waals surface area contributed by atoms with E-state index in [2.05, 4.69) is 49.3 Å². The zero-order valence-corrected chi connectivity index (χ0v) is 12.7.